The van der Waals surface area contributed by atoms with Crippen LogP contribution in [0, 0.1) is 0 Å². The molecule has 0 spiro atoms. The summed E-state index contributed by atoms with van der Waals surface area (Å²) in [7, 11) is -3.97. The second kappa shape index (κ2) is 7.86. The minimum Gasteiger partial charge on any atom is -0.457 e. The maximum Gasteiger partial charge on any atom is 0.334 e. The molecule has 0 bridgehead atoms. The van der Waals surface area contributed by atoms with Crippen LogP contribution in [0.25, 0.3) is 0 Å². The maximum atomic E-state index is 12.4. The van der Waals surface area contributed by atoms with Crippen molar-refractivity contribution in [3.63, 3.8) is 0 Å². The first-order chi connectivity index (χ1) is 12.5. The summed E-state index contributed by atoms with van der Waals surface area (Å²) in [5, 5.41) is 0. The Morgan fingerprint density at radius 1 is 1.04 bits per heavy atom. The number of hydrogen-bond acceptors (Lipinski definition) is 5. The monoisotopic (exact) mass is 375 g/mol. The predicted molar refractivity (Wildman–Crippen MR) is 95.4 cm³/mol. The molecule has 1 N–H and O–H groups in total. The Morgan fingerprint density at radius 2 is 1.73 bits per heavy atom. The zero-order valence-electron chi connectivity index (χ0n) is 14.4. The molecular formula is C19H21NO5S. The van der Waals surface area contributed by atoms with Gasteiger partial charge in [0.15, 0.2) is 0 Å². The van der Waals surface area contributed by atoms with Gasteiger partial charge in [-0.15, -0.1) is 0 Å². The van der Waals surface area contributed by atoms with Crippen LogP contribution in [0.4, 0.5) is 0 Å². The number of ether oxygens (including phenoxy) is 1. The van der Waals surface area contributed by atoms with Crippen LogP contribution in [0.5, 0.6) is 0 Å². The fraction of sp³-hybridized carbons (Fsp3) is 0.368. The molecular weight excluding hydrogens is 354 g/mol. The first-order valence-electron chi connectivity index (χ1n) is 8.67. The van der Waals surface area contributed by atoms with Crippen molar-refractivity contribution < 1.29 is 22.7 Å². The number of allylic oxidation sites excluding steroid dienone is 2. The molecule has 1 amide bonds. The van der Waals surface area contributed by atoms with Crippen molar-refractivity contribution in [3.05, 3.63) is 53.1 Å². The van der Waals surface area contributed by atoms with Gasteiger partial charge in [0.05, 0.1) is 4.90 Å². The highest BCUT2D eigenvalue weighted by molar-refractivity contribution is 7.90. The summed E-state index contributed by atoms with van der Waals surface area (Å²) in [5.41, 5.74) is 1.72. The lowest BCUT2D eigenvalue weighted by Gasteiger charge is -2.10. The maximum absolute atomic E-state index is 12.4. The summed E-state index contributed by atoms with van der Waals surface area (Å²) in [6.45, 7) is -0.0152. The van der Waals surface area contributed by atoms with Gasteiger partial charge in [-0.2, -0.15) is 0 Å². The fourth-order valence-corrected chi connectivity index (χ4v) is 4.08. The standard InChI is InChI=1S/C19H21NO5S/c21-18(15-7-1-2-8-15)20-26(23,24)17-11-5-6-14(12-17)13-25-19(22)16-9-3-4-10-16/h5-7,9,11-12H,1-4,8,10,13H2,(H,20,21). The first kappa shape index (κ1) is 18.4. The van der Waals surface area contributed by atoms with Crippen molar-refractivity contribution >= 4 is 21.9 Å². The summed E-state index contributed by atoms with van der Waals surface area (Å²) < 4.78 is 32.2. The minimum absolute atomic E-state index is 0.0152. The third-order valence-corrected chi connectivity index (χ3v) is 5.77. The molecule has 0 heterocycles. The van der Waals surface area contributed by atoms with Gasteiger partial charge in [0.25, 0.3) is 15.9 Å². The van der Waals surface area contributed by atoms with E-state index in [1.54, 1.807) is 18.2 Å². The zero-order valence-corrected chi connectivity index (χ0v) is 15.2. The summed E-state index contributed by atoms with van der Waals surface area (Å²) in [5.74, 6) is -0.940. The zero-order chi connectivity index (χ0) is 18.6. The van der Waals surface area contributed by atoms with Crippen molar-refractivity contribution in [3.8, 4) is 0 Å². The Morgan fingerprint density at radius 3 is 2.38 bits per heavy atom. The van der Waals surface area contributed by atoms with Crippen molar-refractivity contribution in [2.75, 3.05) is 0 Å². The van der Waals surface area contributed by atoms with Crippen LogP contribution in [-0.4, -0.2) is 20.3 Å². The van der Waals surface area contributed by atoms with Crippen LogP contribution < -0.4 is 4.72 Å². The number of nitrogens with one attached hydrogen (secondary N) is 1. The van der Waals surface area contributed by atoms with E-state index in [4.69, 9.17) is 4.74 Å². The van der Waals surface area contributed by atoms with Crippen LogP contribution >= 0.6 is 0 Å². The quantitative estimate of drug-likeness (QED) is 0.772. The lowest BCUT2D eigenvalue weighted by molar-refractivity contribution is -0.140. The average molecular weight is 375 g/mol. The number of carbonyl (C=O) groups excluding carboxylic acids is 2. The van der Waals surface area contributed by atoms with Crippen LogP contribution in [0.15, 0.2) is 52.5 Å². The van der Waals surface area contributed by atoms with E-state index in [2.05, 4.69) is 4.72 Å². The molecule has 6 nitrogen and oxygen atoms in total. The second-order valence-electron chi connectivity index (χ2n) is 6.40. The lowest BCUT2D eigenvalue weighted by atomic mass is 10.2. The van der Waals surface area contributed by atoms with E-state index in [0.29, 0.717) is 23.1 Å². The van der Waals surface area contributed by atoms with E-state index in [1.807, 2.05) is 6.08 Å². The average Bonchev–Trinajstić information content (AvgIpc) is 3.32. The number of benzene rings is 1. The third-order valence-electron chi connectivity index (χ3n) is 4.44. The molecule has 2 aliphatic carbocycles. The minimum atomic E-state index is -3.97. The van der Waals surface area contributed by atoms with E-state index in [0.717, 1.165) is 32.1 Å². The molecule has 0 saturated heterocycles. The van der Waals surface area contributed by atoms with Gasteiger partial charge in [-0.25, -0.2) is 17.9 Å². The molecule has 0 aromatic heterocycles. The SMILES string of the molecule is O=C(NS(=O)(=O)c1cccc(COC(=O)C2=CCCC2)c1)C1=CCCC1. The summed E-state index contributed by atoms with van der Waals surface area (Å²) >= 11 is 0. The van der Waals surface area contributed by atoms with Crippen LogP contribution in [0.2, 0.25) is 0 Å². The highest BCUT2D eigenvalue weighted by atomic mass is 32.2. The molecule has 0 aliphatic heterocycles. The Hall–Kier alpha value is -2.41. The molecule has 1 aromatic carbocycles. The molecule has 26 heavy (non-hydrogen) atoms. The smallest absolute Gasteiger partial charge is 0.334 e. The van der Waals surface area contributed by atoms with Gasteiger partial charge >= 0.3 is 5.97 Å². The number of sulfonamides is 1. The van der Waals surface area contributed by atoms with Gasteiger partial charge in [0.1, 0.15) is 6.61 Å². The fourth-order valence-electron chi connectivity index (χ4n) is 3.02. The molecule has 0 fully saturated rings. The van der Waals surface area contributed by atoms with Crippen molar-refractivity contribution in [2.24, 2.45) is 0 Å². The van der Waals surface area contributed by atoms with E-state index in [1.165, 1.54) is 12.1 Å². The molecule has 0 unspecified atom stereocenters. The molecule has 2 aliphatic rings. The number of carbonyl (C=O) groups is 2. The Kier molecular flexibility index (Phi) is 5.56. The Balaban J connectivity index is 1.65. The topological polar surface area (TPSA) is 89.5 Å². The Labute approximate surface area is 153 Å². The van der Waals surface area contributed by atoms with Gasteiger partial charge < -0.3 is 4.74 Å². The molecule has 1 aromatic rings. The molecule has 0 radical (unpaired) electrons. The number of hydrogen-bond donors (Lipinski definition) is 1. The predicted octanol–water partition coefficient (Wildman–Crippen LogP) is 2.76. The number of amides is 1. The van der Waals surface area contributed by atoms with E-state index >= 15 is 0 Å². The normalized spacial score (nSPS) is 16.8. The molecule has 7 heteroatoms. The van der Waals surface area contributed by atoms with Crippen molar-refractivity contribution in [1.29, 1.82) is 0 Å². The molecule has 3 rings (SSSR count). The summed E-state index contributed by atoms with van der Waals surface area (Å²) in [4.78, 5) is 23.9. The van der Waals surface area contributed by atoms with Crippen LogP contribution in [-0.2, 0) is 31.0 Å². The molecule has 0 atom stereocenters. The molecule has 0 saturated carbocycles. The highest BCUT2D eigenvalue weighted by Gasteiger charge is 2.22. The van der Waals surface area contributed by atoms with Crippen molar-refractivity contribution in [2.45, 2.75) is 50.0 Å². The van der Waals surface area contributed by atoms with Crippen molar-refractivity contribution in [1.82, 2.24) is 4.72 Å². The largest absolute Gasteiger partial charge is 0.457 e. The van der Waals surface area contributed by atoms with Gasteiger partial charge in [-0.3, -0.25) is 4.79 Å². The van der Waals surface area contributed by atoms with Crippen LogP contribution in [0.1, 0.15) is 44.1 Å². The van der Waals surface area contributed by atoms with Gasteiger partial charge in [-0.05, 0) is 56.2 Å². The van der Waals surface area contributed by atoms with Gasteiger partial charge in [0, 0.05) is 11.1 Å². The number of esters is 1. The van der Waals surface area contributed by atoms with Gasteiger partial charge in [-0.1, -0.05) is 24.3 Å². The molecule has 138 valence electrons. The van der Waals surface area contributed by atoms with E-state index in [9.17, 15) is 18.0 Å². The summed E-state index contributed by atoms with van der Waals surface area (Å²) in [6.07, 6.45) is 8.43. The number of rotatable bonds is 6. The lowest BCUT2D eigenvalue weighted by Crippen LogP contribution is -2.31. The second-order valence-corrected chi connectivity index (χ2v) is 8.08. The Bertz CT molecular complexity index is 883. The summed E-state index contributed by atoms with van der Waals surface area (Å²) in [6, 6.07) is 6.06. The van der Waals surface area contributed by atoms with Crippen LogP contribution in [0.3, 0.4) is 0 Å². The van der Waals surface area contributed by atoms with Gasteiger partial charge in [0.2, 0.25) is 0 Å². The van der Waals surface area contributed by atoms with E-state index < -0.39 is 15.9 Å². The highest BCUT2D eigenvalue weighted by Crippen LogP contribution is 2.21. The first-order valence-corrected chi connectivity index (χ1v) is 10.2. The van der Waals surface area contributed by atoms with E-state index in [-0.39, 0.29) is 17.5 Å². The third kappa shape index (κ3) is 4.40.